The third kappa shape index (κ3) is 4.19. The van der Waals surface area contributed by atoms with Crippen molar-refractivity contribution in [2.75, 3.05) is 13.1 Å². The van der Waals surface area contributed by atoms with Crippen LogP contribution < -0.4 is 0 Å². The van der Waals surface area contributed by atoms with Crippen molar-refractivity contribution in [2.24, 2.45) is 0 Å². The van der Waals surface area contributed by atoms with Gasteiger partial charge in [-0.1, -0.05) is 29.4 Å². The Morgan fingerprint density at radius 3 is 2.64 bits per heavy atom. The lowest BCUT2D eigenvalue weighted by atomic mass is 9.87. The Labute approximate surface area is 210 Å². The molecule has 0 atom stereocenters. The molecule has 1 amide bonds. The fraction of sp³-hybridized carbons (Fsp3) is 0.345. The maximum atomic E-state index is 13.3. The van der Waals surface area contributed by atoms with Gasteiger partial charge in [0.25, 0.3) is 5.91 Å². The number of fused-ring (bicyclic) bond motifs is 1. The molecule has 0 spiro atoms. The molecule has 0 bridgehead atoms. The summed E-state index contributed by atoms with van der Waals surface area (Å²) in [6.07, 6.45) is 11.1. The molecule has 1 fully saturated rings. The molecule has 3 aromatic heterocycles. The fourth-order valence-corrected chi connectivity index (χ4v) is 5.48. The van der Waals surface area contributed by atoms with Gasteiger partial charge in [0.05, 0.1) is 5.69 Å². The molecule has 1 aliphatic heterocycles. The molecule has 1 aliphatic carbocycles. The van der Waals surface area contributed by atoms with Gasteiger partial charge in [-0.2, -0.15) is 0 Å². The molecule has 182 valence electrons. The summed E-state index contributed by atoms with van der Waals surface area (Å²) < 4.78 is 5.50. The SMILES string of the molecule is Cc1ccccc1-c1cnc(-c2cccnc2)nc1C1CCN(C(=O)c2noc3c2CCCC3)CC1. The van der Waals surface area contributed by atoms with E-state index in [-0.39, 0.29) is 11.8 Å². The molecule has 0 saturated carbocycles. The van der Waals surface area contributed by atoms with Gasteiger partial charge >= 0.3 is 0 Å². The summed E-state index contributed by atoms with van der Waals surface area (Å²) >= 11 is 0. The van der Waals surface area contributed by atoms with Crippen LogP contribution in [0.1, 0.15) is 64.7 Å². The van der Waals surface area contributed by atoms with Crippen LogP contribution in [0.15, 0.2) is 59.5 Å². The molecule has 2 aliphatic rings. The van der Waals surface area contributed by atoms with Crippen molar-refractivity contribution in [2.45, 2.75) is 51.4 Å². The summed E-state index contributed by atoms with van der Waals surface area (Å²) in [4.78, 5) is 29.3. The zero-order valence-corrected chi connectivity index (χ0v) is 20.5. The molecular formula is C29H29N5O2. The topological polar surface area (TPSA) is 85.0 Å². The first-order valence-electron chi connectivity index (χ1n) is 12.8. The molecule has 6 rings (SSSR count). The van der Waals surface area contributed by atoms with Crippen LogP contribution in [0.5, 0.6) is 0 Å². The normalized spacial score (nSPS) is 16.1. The smallest absolute Gasteiger partial charge is 0.276 e. The lowest BCUT2D eigenvalue weighted by molar-refractivity contribution is 0.0700. The number of likely N-dealkylation sites (tertiary alicyclic amines) is 1. The van der Waals surface area contributed by atoms with Gasteiger partial charge in [0, 0.05) is 60.7 Å². The second-order valence-corrected chi connectivity index (χ2v) is 9.76. The van der Waals surface area contributed by atoms with E-state index in [0.29, 0.717) is 24.6 Å². The number of aromatic nitrogens is 4. The van der Waals surface area contributed by atoms with E-state index >= 15 is 0 Å². The Morgan fingerprint density at radius 2 is 1.83 bits per heavy atom. The fourth-order valence-electron chi connectivity index (χ4n) is 5.48. The average Bonchev–Trinajstić information content (AvgIpc) is 3.38. The van der Waals surface area contributed by atoms with E-state index in [1.807, 2.05) is 23.2 Å². The van der Waals surface area contributed by atoms with Crippen molar-refractivity contribution >= 4 is 5.91 Å². The quantitative estimate of drug-likeness (QED) is 0.390. The highest BCUT2D eigenvalue weighted by Crippen LogP contribution is 2.36. The van der Waals surface area contributed by atoms with Gasteiger partial charge in [-0.15, -0.1) is 0 Å². The number of rotatable bonds is 4. The van der Waals surface area contributed by atoms with Crippen molar-refractivity contribution in [3.05, 3.63) is 83.3 Å². The molecule has 0 unspecified atom stereocenters. The molecular weight excluding hydrogens is 450 g/mol. The van der Waals surface area contributed by atoms with Gasteiger partial charge in [-0.3, -0.25) is 9.78 Å². The number of aryl methyl sites for hydroxylation is 2. The summed E-state index contributed by atoms with van der Waals surface area (Å²) in [6.45, 7) is 3.46. The van der Waals surface area contributed by atoms with Crippen LogP contribution in [0.2, 0.25) is 0 Å². The van der Waals surface area contributed by atoms with E-state index in [2.05, 4.69) is 41.3 Å². The summed E-state index contributed by atoms with van der Waals surface area (Å²) in [5, 5.41) is 4.17. The van der Waals surface area contributed by atoms with Crippen molar-refractivity contribution < 1.29 is 9.32 Å². The number of pyridine rings is 1. The van der Waals surface area contributed by atoms with Gasteiger partial charge in [-0.05, 0) is 62.3 Å². The van der Waals surface area contributed by atoms with Gasteiger partial charge in [0.15, 0.2) is 11.5 Å². The van der Waals surface area contributed by atoms with Gasteiger partial charge < -0.3 is 9.42 Å². The van der Waals surface area contributed by atoms with E-state index < -0.39 is 0 Å². The highest BCUT2D eigenvalue weighted by Gasteiger charge is 2.32. The number of piperidine rings is 1. The second kappa shape index (κ2) is 9.64. The van der Waals surface area contributed by atoms with Crippen LogP contribution in [0.3, 0.4) is 0 Å². The number of carbonyl (C=O) groups is 1. The van der Waals surface area contributed by atoms with E-state index in [1.54, 1.807) is 12.4 Å². The van der Waals surface area contributed by atoms with Crippen molar-refractivity contribution in [1.82, 2.24) is 25.0 Å². The third-order valence-electron chi connectivity index (χ3n) is 7.49. The lowest BCUT2D eigenvalue weighted by Gasteiger charge is -2.32. The van der Waals surface area contributed by atoms with E-state index in [4.69, 9.17) is 14.5 Å². The number of hydrogen-bond acceptors (Lipinski definition) is 6. The summed E-state index contributed by atoms with van der Waals surface area (Å²) in [6, 6.07) is 12.2. The Morgan fingerprint density at radius 1 is 1.00 bits per heavy atom. The summed E-state index contributed by atoms with van der Waals surface area (Å²) in [7, 11) is 0. The lowest BCUT2D eigenvalue weighted by Crippen LogP contribution is -2.38. The van der Waals surface area contributed by atoms with E-state index in [0.717, 1.165) is 72.2 Å². The van der Waals surface area contributed by atoms with Crippen LogP contribution in [-0.2, 0) is 12.8 Å². The Kier molecular flexibility index (Phi) is 6.05. The predicted molar refractivity (Wildman–Crippen MR) is 136 cm³/mol. The number of amides is 1. The number of hydrogen-bond donors (Lipinski definition) is 0. The standard InChI is InChI=1S/C29H29N5O2/c1-19-7-2-3-9-22(19)24-18-31-28(21-8-6-14-30-17-21)32-26(24)20-12-15-34(16-13-20)29(35)27-23-10-4-5-11-25(23)36-33-27/h2-3,6-9,14,17-18,20H,4-5,10-13,15-16H2,1H3. The predicted octanol–water partition coefficient (Wildman–Crippen LogP) is 5.40. The molecule has 0 radical (unpaired) electrons. The van der Waals surface area contributed by atoms with Gasteiger partial charge in [-0.25, -0.2) is 9.97 Å². The van der Waals surface area contributed by atoms with Crippen LogP contribution in [0, 0.1) is 6.92 Å². The van der Waals surface area contributed by atoms with Crippen LogP contribution in [0.25, 0.3) is 22.5 Å². The highest BCUT2D eigenvalue weighted by molar-refractivity contribution is 5.94. The Bertz CT molecular complexity index is 1390. The minimum Gasteiger partial charge on any atom is -0.360 e. The molecule has 4 heterocycles. The minimum absolute atomic E-state index is 0.00165. The largest absolute Gasteiger partial charge is 0.360 e. The third-order valence-corrected chi connectivity index (χ3v) is 7.49. The molecule has 0 N–H and O–H groups in total. The number of benzene rings is 1. The van der Waals surface area contributed by atoms with Gasteiger partial charge in [0.1, 0.15) is 5.76 Å². The van der Waals surface area contributed by atoms with Crippen LogP contribution in [0.4, 0.5) is 0 Å². The molecule has 4 aromatic rings. The maximum absolute atomic E-state index is 13.3. The van der Waals surface area contributed by atoms with E-state index in [1.165, 1.54) is 5.56 Å². The summed E-state index contributed by atoms with van der Waals surface area (Å²) in [5.41, 5.74) is 6.90. The monoisotopic (exact) mass is 479 g/mol. The van der Waals surface area contributed by atoms with Crippen LogP contribution in [-0.4, -0.2) is 44.0 Å². The summed E-state index contributed by atoms with van der Waals surface area (Å²) in [5.74, 6) is 1.81. The van der Waals surface area contributed by atoms with Crippen molar-refractivity contribution in [3.8, 4) is 22.5 Å². The zero-order chi connectivity index (χ0) is 24.5. The molecule has 7 nitrogen and oxygen atoms in total. The van der Waals surface area contributed by atoms with Crippen LogP contribution >= 0.6 is 0 Å². The molecule has 36 heavy (non-hydrogen) atoms. The molecule has 1 saturated heterocycles. The maximum Gasteiger partial charge on any atom is 0.276 e. The Hall–Kier alpha value is -3.87. The molecule has 7 heteroatoms. The number of nitrogens with zero attached hydrogens (tertiary/aromatic N) is 5. The first-order valence-corrected chi connectivity index (χ1v) is 12.8. The highest BCUT2D eigenvalue weighted by atomic mass is 16.5. The zero-order valence-electron chi connectivity index (χ0n) is 20.5. The van der Waals surface area contributed by atoms with E-state index in [9.17, 15) is 4.79 Å². The van der Waals surface area contributed by atoms with Gasteiger partial charge in [0.2, 0.25) is 0 Å². The molecule has 1 aromatic carbocycles. The first-order chi connectivity index (χ1) is 17.7. The number of carbonyl (C=O) groups excluding carboxylic acids is 1. The average molecular weight is 480 g/mol. The Balaban J connectivity index is 1.28. The first kappa shape index (κ1) is 22.6. The van der Waals surface area contributed by atoms with Crippen molar-refractivity contribution in [1.29, 1.82) is 0 Å². The minimum atomic E-state index is -0.00165. The van der Waals surface area contributed by atoms with Crippen molar-refractivity contribution in [3.63, 3.8) is 0 Å². The second-order valence-electron chi connectivity index (χ2n) is 9.76.